The SMILES string of the molecule is Cc1nc(Br)cc(N(C)C2CCS(=O)(=O)C2)n1. The van der Waals surface area contributed by atoms with Gasteiger partial charge in [-0.3, -0.25) is 0 Å². The van der Waals surface area contributed by atoms with Crippen molar-refractivity contribution in [3.8, 4) is 0 Å². The highest BCUT2D eigenvalue weighted by Crippen LogP contribution is 2.23. The molecule has 2 heterocycles. The van der Waals surface area contributed by atoms with Crippen LogP contribution in [0.5, 0.6) is 0 Å². The summed E-state index contributed by atoms with van der Waals surface area (Å²) in [4.78, 5) is 10.4. The topological polar surface area (TPSA) is 63.2 Å². The Labute approximate surface area is 109 Å². The van der Waals surface area contributed by atoms with Crippen LogP contribution in [0.4, 0.5) is 5.82 Å². The Bertz CT molecular complexity index is 512. The van der Waals surface area contributed by atoms with Crippen molar-refractivity contribution in [3.63, 3.8) is 0 Å². The van der Waals surface area contributed by atoms with Gasteiger partial charge in [0.1, 0.15) is 16.2 Å². The fraction of sp³-hybridized carbons (Fsp3) is 0.600. The first-order chi connectivity index (χ1) is 7.87. The van der Waals surface area contributed by atoms with E-state index in [1.165, 1.54) is 0 Å². The summed E-state index contributed by atoms with van der Waals surface area (Å²) in [5.74, 6) is 1.91. The summed E-state index contributed by atoms with van der Waals surface area (Å²) in [5.41, 5.74) is 0. The van der Waals surface area contributed by atoms with E-state index in [0.717, 1.165) is 5.82 Å². The molecule has 5 nitrogen and oxygen atoms in total. The van der Waals surface area contributed by atoms with Crippen LogP contribution in [0, 0.1) is 6.92 Å². The molecule has 1 aliphatic rings. The molecule has 1 aliphatic heterocycles. The second kappa shape index (κ2) is 4.53. The van der Waals surface area contributed by atoms with Gasteiger partial charge in [0.15, 0.2) is 9.84 Å². The van der Waals surface area contributed by atoms with Crippen molar-refractivity contribution in [2.45, 2.75) is 19.4 Å². The zero-order valence-corrected chi connectivity index (χ0v) is 12.1. The number of sulfone groups is 1. The lowest BCUT2D eigenvalue weighted by atomic mass is 10.2. The normalized spacial score (nSPS) is 22.6. The van der Waals surface area contributed by atoms with Gasteiger partial charge in [0, 0.05) is 19.2 Å². The molecule has 1 unspecified atom stereocenters. The lowest BCUT2D eigenvalue weighted by Gasteiger charge is -2.24. The maximum atomic E-state index is 11.4. The van der Waals surface area contributed by atoms with Crippen molar-refractivity contribution in [1.82, 2.24) is 9.97 Å². The smallest absolute Gasteiger partial charge is 0.152 e. The fourth-order valence-corrected chi connectivity index (χ4v) is 4.20. The molecule has 0 radical (unpaired) electrons. The summed E-state index contributed by atoms with van der Waals surface area (Å²) in [6.07, 6.45) is 0.666. The van der Waals surface area contributed by atoms with Crippen molar-refractivity contribution in [1.29, 1.82) is 0 Å². The summed E-state index contributed by atoms with van der Waals surface area (Å²) in [6, 6.07) is 1.82. The predicted molar refractivity (Wildman–Crippen MR) is 69.9 cm³/mol. The molecule has 1 atom stereocenters. The Balaban J connectivity index is 2.23. The molecular formula is C10H14BrN3O2S. The molecule has 1 aromatic rings. The van der Waals surface area contributed by atoms with Crippen molar-refractivity contribution in [3.05, 3.63) is 16.5 Å². The monoisotopic (exact) mass is 319 g/mol. The van der Waals surface area contributed by atoms with E-state index < -0.39 is 9.84 Å². The molecule has 0 bridgehead atoms. The van der Waals surface area contributed by atoms with Gasteiger partial charge in [0.05, 0.1) is 11.5 Å². The van der Waals surface area contributed by atoms with Crippen LogP contribution in [-0.4, -0.2) is 43.0 Å². The van der Waals surface area contributed by atoms with Gasteiger partial charge in [-0.25, -0.2) is 18.4 Å². The lowest BCUT2D eigenvalue weighted by molar-refractivity contribution is 0.600. The lowest BCUT2D eigenvalue weighted by Crippen LogP contribution is -2.33. The van der Waals surface area contributed by atoms with Crippen LogP contribution in [-0.2, 0) is 9.84 Å². The molecule has 0 amide bonds. The van der Waals surface area contributed by atoms with Crippen LogP contribution >= 0.6 is 15.9 Å². The minimum absolute atomic E-state index is 0.0150. The van der Waals surface area contributed by atoms with Crippen LogP contribution in [0.2, 0.25) is 0 Å². The van der Waals surface area contributed by atoms with Crippen molar-refractivity contribution in [2.75, 3.05) is 23.5 Å². The first-order valence-corrected chi connectivity index (χ1v) is 7.93. The number of rotatable bonds is 2. The number of nitrogens with zero attached hydrogens (tertiary/aromatic N) is 3. The molecule has 0 aliphatic carbocycles. The number of aromatic nitrogens is 2. The third-order valence-corrected chi connectivity index (χ3v) is 5.07. The van der Waals surface area contributed by atoms with Crippen LogP contribution in [0.3, 0.4) is 0 Å². The van der Waals surface area contributed by atoms with Gasteiger partial charge in [-0.1, -0.05) is 0 Å². The number of halogens is 1. The minimum atomic E-state index is -2.87. The van der Waals surface area contributed by atoms with Crippen LogP contribution in [0.25, 0.3) is 0 Å². The predicted octanol–water partition coefficient (Wildman–Crippen LogP) is 1.17. The van der Waals surface area contributed by atoms with Gasteiger partial charge >= 0.3 is 0 Å². The Morgan fingerprint density at radius 1 is 1.47 bits per heavy atom. The first-order valence-electron chi connectivity index (χ1n) is 5.32. The molecule has 17 heavy (non-hydrogen) atoms. The van der Waals surface area contributed by atoms with Crippen LogP contribution in [0.1, 0.15) is 12.2 Å². The Kier molecular flexibility index (Phi) is 3.40. The number of anilines is 1. The highest BCUT2D eigenvalue weighted by molar-refractivity contribution is 9.10. The molecule has 7 heteroatoms. The van der Waals surface area contributed by atoms with Crippen LogP contribution in [0.15, 0.2) is 10.7 Å². The van der Waals surface area contributed by atoms with E-state index in [-0.39, 0.29) is 17.5 Å². The molecule has 0 N–H and O–H groups in total. The third kappa shape index (κ3) is 2.95. The number of hydrogen-bond donors (Lipinski definition) is 0. The zero-order valence-electron chi connectivity index (χ0n) is 9.72. The van der Waals surface area contributed by atoms with E-state index in [1.54, 1.807) is 6.07 Å². The van der Waals surface area contributed by atoms with E-state index in [4.69, 9.17) is 0 Å². The highest BCUT2D eigenvalue weighted by atomic mass is 79.9. The minimum Gasteiger partial charge on any atom is -0.355 e. The van der Waals surface area contributed by atoms with Gasteiger partial charge in [0.25, 0.3) is 0 Å². The standard InChI is InChI=1S/C10H14BrN3O2S/c1-7-12-9(11)5-10(13-7)14(2)8-3-4-17(15,16)6-8/h5,8H,3-4,6H2,1-2H3. The third-order valence-electron chi connectivity index (χ3n) is 2.91. The molecule has 94 valence electrons. The maximum absolute atomic E-state index is 11.4. The summed E-state index contributed by atoms with van der Waals surface area (Å²) in [6.45, 7) is 1.81. The van der Waals surface area contributed by atoms with Gasteiger partial charge in [0.2, 0.25) is 0 Å². The summed E-state index contributed by atoms with van der Waals surface area (Å²) < 4.78 is 23.6. The average Bonchev–Trinajstić information content (AvgIpc) is 2.56. The Morgan fingerprint density at radius 2 is 2.18 bits per heavy atom. The van der Waals surface area contributed by atoms with Gasteiger partial charge in [-0.05, 0) is 29.3 Å². The van der Waals surface area contributed by atoms with Crippen molar-refractivity contribution in [2.24, 2.45) is 0 Å². The highest BCUT2D eigenvalue weighted by Gasteiger charge is 2.31. The van der Waals surface area contributed by atoms with Gasteiger partial charge in [-0.15, -0.1) is 0 Å². The fourth-order valence-electron chi connectivity index (χ4n) is 1.97. The van der Waals surface area contributed by atoms with E-state index >= 15 is 0 Å². The van der Waals surface area contributed by atoms with E-state index in [0.29, 0.717) is 16.8 Å². The molecule has 2 rings (SSSR count). The summed E-state index contributed by atoms with van der Waals surface area (Å²) in [7, 11) is -0.991. The molecule has 1 fully saturated rings. The molecule has 1 aromatic heterocycles. The Morgan fingerprint density at radius 3 is 2.71 bits per heavy atom. The molecular weight excluding hydrogens is 306 g/mol. The first kappa shape index (κ1) is 12.8. The second-order valence-electron chi connectivity index (χ2n) is 4.26. The Hall–Kier alpha value is -0.690. The number of hydrogen-bond acceptors (Lipinski definition) is 5. The second-order valence-corrected chi connectivity index (χ2v) is 7.31. The molecule has 0 spiro atoms. The molecule has 0 saturated carbocycles. The van der Waals surface area contributed by atoms with E-state index in [1.807, 2.05) is 18.9 Å². The molecule has 1 saturated heterocycles. The van der Waals surface area contributed by atoms with Gasteiger partial charge < -0.3 is 4.90 Å². The maximum Gasteiger partial charge on any atom is 0.152 e. The van der Waals surface area contributed by atoms with Crippen molar-refractivity contribution < 1.29 is 8.42 Å². The zero-order chi connectivity index (χ0) is 12.6. The van der Waals surface area contributed by atoms with E-state index in [9.17, 15) is 8.42 Å². The summed E-state index contributed by atoms with van der Waals surface area (Å²) in [5, 5.41) is 0. The van der Waals surface area contributed by atoms with Crippen molar-refractivity contribution >= 4 is 31.6 Å². The number of aryl methyl sites for hydroxylation is 1. The van der Waals surface area contributed by atoms with E-state index in [2.05, 4.69) is 25.9 Å². The summed E-state index contributed by atoms with van der Waals surface area (Å²) >= 11 is 3.32. The van der Waals surface area contributed by atoms with Gasteiger partial charge in [-0.2, -0.15) is 0 Å². The quantitative estimate of drug-likeness (QED) is 0.766. The average molecular weight is 320 g/mol. The largest absolute Gasteiger partial charge is 0.355 e. The van der Waals surface area contributed by atoms with Crippen LogP contribution < -0.4 is 4.90 Å². The molecule has 0 aromatic carbocycles.